The minimum atomic E-state index is 0.617. The number of hydrogen-bond acceptors (Lipinski definition) is 3. The van der Waals surface area contributed by atoms with Crippen molar-refractivity contribution < 1.29 is 4.74 Å². The van der Waals surface area contributed by atoms with Gasteiger partial charge in [-0.25, -0.2) is 0 Å². The molecule has 3 nitrogen and oxygen atoms in total. The Morgan fingerprint density at radius 1 is 1.64 bits per heavy atom. The molecule has 14 heavy (non-hydrogen) atoms. The highest BCUT2D eigenvalue weighted by atomic mass is 32.1. The van der Waals surface area contributed by atoms with Crippen LogP contribution in [-0.2, 0) is 4.74 Å². The van der Waals surface area contributed by atoms with Gasteiger partial charge in [0.25, 0.3) is 0 Å². The highest BCUT2D eigenvalue weighted by Crippen LogP contribution is 2.13. The standard InChI is InChI=1S/C10H20N2OS/c1-2-12(5-3-10(11)14)7-9-4-6-13-8-9/h9H,2-8H2,1H3,(H2,11,14). The lowest BCUT2D eigenvalue weighted by Gasteiger charge is -2.22. The Bertz CT molecular complexity index is 181. The second kappa shape index (κ2) is 6.32. The molecule has 1 unspecified atom stereocenters. The molecule has 2 N–H and O–H groups in total. The van der Waals surface area contributed by atoms with Gasteiger partial charge in [0.05, 0.1) is 11.6 Å². The average molecular weight is 216 g/mol. The van der Waals surface area contributed by atoms with Gasteiger partial charge < -0.3 is 15.4 Å². The van der Waals surface area contributed by atoms with E-state index in [9.17, 15) is 0 Å². The molecule has 0 aromatic heterocycles. The normalized spacial score (nSPS) is 21.7. The Morgan fingerprint density at radius 3 is 2.93 bits per heavy atom. The fraction of sp³-hybridized carbons (Fsp3) is 0.900. The topological polar surface area (TPSA) is 38.5 Å². The van der Waals surface area contributed by atoms with Crippen molar-refractivity contribution in [3.63, 3.8) is 0 Å². The van der Waals surface area contributed by atoms with Gasteiger partial charge in [-0.1, -0.05) is 19.1 Å². The lowest BCUT2D eigenvalue weighted by atomic mass is 10.1. The summed E-state index contributed by atoms with van der Waals surface area (Å²) in [7, 11) is 0. The smallest absolute Gasteiger partial charge is 0.0740 e. The van der Waals surface area contributed by atoms with Crippen LogP contribution < -0.4 is 5.73 Å². The molecule has 1 heterocycles. The van der Waals surface area contributed by atoms with E-state index in [1.807, 2.05) is 0 Å². The van der Waals surface area contributed by atoms with Crippen molar-refractivity contribution in [1.82, 2.24) is 4.90 Å². The summed E-state index contributed by atoms with van der Waals surface area (Å²) >= 11 is 4.87. The number of nitrogens with two attached hydrogens (primary N) is 1. The predicted octanol–water partition coefficient (Wildman–Crippen LogP) is 1.02. The first kappa shape index (κ1) is 11.9. The fourth-order valence-corrected chi connectivity index (χ4v) is 1.83. The average Bonchev–Trinajstić information content (AvgIpc) is 2.64. The van der Waals surface area contributed by atoms with Crippen molar-refractivity contribution in [3.8, 4) is 0 Å². The summed E-state index contributed by atoms with van der Waals surface area (Å²) in [6.07, 6.45) is 2.03. The van der Waals surface area contributed by atoms with Gasteiger partial charge in [-0.3, -0.25) is 0 Å². The maximum atomic E-state index is 5.48. The summed E-state index contributed by atoms with van der Waals surface area (Å²) in [5.41, 5.74) is 5.48. The van der Waals surface area contributed by atoms with Gasteiger partial charge in [0.2, 0.25) is 0 Å². The molecular formula is C10H20N2OS. The first-order valence-corrected chi connectivity index (χ1v) is 5.71. The molecule has 1 rings (SSSR count). The molecule has 1 atom stereocenters. The summed E-state index contributed by atoms with van der Waals surface area (Å²) in [6.45, 7) is 7.21. The Hall–Kier alpha value is -0.190. The molecule has 1 saturated heterocycles. The third-order valence-electron chi connectivity index (χ3n) is 2.66. The molecule has 1 aliphatic heterocycles. The second-order valence-electron chi connectivity index (χ2n) is 3.84. The Morgan fingerprint density at radius 2 is 2.43 bits per heavy atom. The van der Waals surface area contributed by atoms with Crippen LogP contribution in [0.15, 0.2) is 0 Å². The Balaban J connectivity index is 2.19. The van der Waals surface area contributed by atoms with Crippen molar-refractivity contribution in [2.75, 3.05) is 32.8 Å². The number of hydrogen-bond donors (Lipinski definition) is 1. The summed E-state index contributed by atoms with van der Waals surface area (Å²) < 4.78 is 5.35. The van der Waals surface area contributed by atoms with Gasteiger partial charge in [0, 0.05) is 26.1 Å². The molecule has 1 fully saturated rings. The number of nitrogens with zero attached hydrogens (tertiary/aromatic N) is 1. The molecule has 0 aromatic rings. The minimum absolute atomic E-state index is 0.617. The number of thiocarbonyl (C=S) groups is 1. The molecular weight excluding hydrogens is 196 g/mol. The SMILES string of the molecule is CCN(CCC(N)=S)CC1CCOC1. The molecule has 0 spiro atoms. The summed E-state index contributed by atoms with van der Waals surface area (Å²) in [5, 5.41) is 0. The van der Waals surface area contributed by atoms with Gasteiger partial charge in [-0.2, -0.15) is 0 Å². The van der Waals surface area contributed by atoms with Gasteiger partial charge >= 0.3 is 0 Å². The van der Waals surface area contributed by atoms with Gasteiger partial charge in [-0.15, -0.1) is 0 Å². The van der Waals surface area contributed by atoms with Gasteiger partial charge in [-0.05, 0) is 18.9 Å². The summed E-state index contributed by atoms with van der Waals surface area (Å²) in [4.78, 5) is 3.02. The first-order valence-electron chi connectivity index (χ1n) is 5.30. The van der Waals surface area contributed by atoms with E-state index >= 15 is 0 Å². The molecule has 0 saturated carbocycles. The molecule has 4 heteroatoms. The zero-order valence-corrected chi connectivity index (χ0v) is 9.68. The van der Waals surface area contributed by atoms with E-state index in [1.165, 1.54) is 6.42 Å². The first-order chi connectivity index (χ1) is 6.72. The van der Waals surface area contributed by atoms with Crippen LogP contribution >= 0.6 is 12.2 Å². The molecule has 0 aromatic carbocycles. The Labute approximate surface area is 91.6 Å². The van der Waals surface area contributed by atoms with Crippen LogP contribution in [0.25, 0.3) is 0 Å². The predicted molar refractivity (Wildman–Crippen MR) is 62.4 cm³/mol. The molecule has 0 aliphatic carbocycles. The maximum absolute atomic E-state index is 5.48. The van der Waals surface area contributed by atoms with E-state index in [0.717, 1.165) is 39.3 Å². The Kier molecular flexibility index (Phi) is 5.37. The molecule has 82 valence electrons. The number of ether oxygens (including phenoxy) is 1. The second-order valence-corrected chi connectivity index (χ2v) is 4.36. The third-order valence-corrected chi connectivity index (χ3v) is 2.87. The molecule has 0 radical (unpaired) electrons. The van der Waals surface area contributed by atoms with Crippen molar-refractivity contribution in [2.45, 2.75) is 19.8 Å². The lowest BCUT2D eigenvalue weighted by molar-refractivity contribution is 0.169. The van der Waals surface area contributed by atoms with E-state index in [1.54, 1.807) is 0 Å². The van der Waals surface area contributed by atoms with Crippen LogP contribution in [0, 0.1) is 5.92 Å². The van der Waals surface area contributed by atoms with Crippen molar-refractivity contribution >= 4 is 17.2 Å². The summed E-state index contributed by atoms with van der Waals surface area (Å²) in [5.74, 6) is 0.710. The van der Waals surface area contributed by atoms with Crippen LogP contribution in [0.2, 0.25) is 0 Å². The van der Waals surface area contributed by atoms with Crippen LogP contribution in [0.3, 0.4) is 0 Å². The van der Waals surface area contributed by atoms with E-state index in [-0.39, 0.29) is 0 Å². The van der Waals surface area contributed by atoms with E-state index in [4.69, 9.17) is 22.7 Å². The van der Waals surface area contributed by atoms with Crippen LogP contribution in [0.4, 0.5) is 0 Å². The van der Waals surface area contributed by atoms with E-state index in [0.29, 0.717) is 10.9 Å². The number of rotatable bonds is 6. The van der Waals surface area contributed by atoms with E-state index in [2.05, 4.69) is 11.8 Å². The highest BCUT2D eigenvalue weighted by molar-refractivity contribution is 7.80. The van der Waals surface area contributed by atoms with Gasteiger partial charge in [0.15, 0.2) is 0 Å². The van der Waals surface area contributed by atoms with Gasteiger partial charge in [0.1, 0.15) is 0 Å². The van der Waals surface area contributed by atoms with Crippen molar-refractivity contribution in [1.29, 1.82) is 0 Å². The van der Waals surface area contributed by atoms with Crippen LogP contribution in [-0.4, -0.2) is 42.7 Å². The van der Waals surface area contributed by atoms with E-state index < -0.39 is 0 Å². The quantitative estimate of drug-likeness (QED) is 0.673. The fourth-order valence-electron chi connectivity index (χ4n) is 1.74. The zero-order chi connectivity index (χ0) is 10.4. The van der Waals surface area contributed by atoms with Crippen LogP contribution in [0.1, 0.15) is 19.8 Å². The molecule has 0 bridgehead atoms. The highest BCUT2D eigenvalue weighted by Gasteiger charge is 2.18. The molecule has 0 amide bonds. The monoisotopic (exact) mass is 216 g/mol. The largest absolute Gasteiger partial charge is 0.393 e. The minimum Gasteiger partial charge on any atom is -0.393 e. The molecule has 1 aliphatic rings. The third kappa shape index (κ3) is 4.35. The maximum Gasteiger partial charge on any atom is 0.0740 e. The van der Waals surface area contributed by atoms with Crippen LogP contribution in [0.5, 0.6) is 0 Å². The summed E-state index contributed by atoms with van der Waals surface area (Å²) in [6, 6.07) is 0. The van der Waals surface area contributed by atoms with Crippen molar-refractivity contribution in [2.24, 2.45) is 11.7 Å². The zero-order valence-electron chi connectivity index (χ0n) is 8.87. The lowest BCUT2D eigenvalue weighted by Crippen LogP contribution is -2.32. The van der Waals surface area contributed by atoms with Crippen molar-refractivity contribution in [3.05, 3.63) is 0 Å².